The Hall–Kier alpha value is -2.83. The number of aromatic nitrogens is 1. The molecule has 0 fully saturated rings. The first kappa shape index (κ1) is 21.4. The number of hydrogen-bond donors (Lipinski definition) is 1. The van der Waals surface area contributed by atoms with Crippen molar-refractivity contribution >= 4 is 23.2 Å². The van der Waals surface area contributed by atoms with E-state index in [4.69, 9.17) is 16.1 Å². The number of rotatable bonds is 6. The fraction of sp³-hybridized carbons (Fsp3) is 0.333. The summed E-state index contributed by atoms with van der Waals surface area (Å²) in [4.78, 5) is 17.5. The number of anilines is 1. The molecule has 7 heteroatoms. The van der Waals surface area contributed by atoms with Gasteiger partial charge in [-0.15, -0.1) is 0 Å². The molecule has 1 aromatic heterocycles. The molecule has 162 valence electrons. The summed E-state index contributed by atoms with van der Waals surface area (Å²) in [5.74, 6) is 0.246. The van der Waals surface area contributed by atoms with E-state index in [0.29, 0.717) is 34.1 Å². The smallest absolute Gasteiger partial charge is 0.257 e. The first-order valence-electron chi connectivity index (χ1n) is 10.4. The third-order valence-electron chi connectivity index (χ3n) is 5.91. The van der Waals surface area contributed by atoms with Crippen LogP contribution in [-0.2, 0) is 6.42 Å². The van der Waals surface area contributed by atoms with Gasteiger partial charge in [0.25, 0.3) is 5.91 Å². The van der Waals surface area contributed by atoms with Crippen molar-refractivity contribution in [1.29, 1.82) is 0 Å². The molecule has 31 heavy (non-hydrogen) atoms. The zero-order chi connectivity index (χ0) is 22.1. The highest BCUT2D eigenvalue weighted by atomic mass is 35.5. The number of amides is 1. The normalized spacial score (nSPS) is 14.1. The van der Waals surface area contributed by atoms with Crippen LogP contribution in [-0.4, -0.2) is 50.2 Å². The fourth-order valence-electron chi connectivity index (χ4n) is 4.15. The summed E-state index contributed by atoms with van der Waals surface area (Å²) >= 11 is 6.33. The molecule has 0 unspecified atom stereocenters. The lowest BCUT2D eigenvalue weighted by Gasteiger charge is -2.26. The van der Waals surface area contributed by atoms with Gasteiger partial charge in [0.15, 0.2) is 0 Å². The third-order valence-corrected chi connectivity index (χ3v) is 6.24. The van der Waals surface area contributed by atoms with Crippen molar-refractivity contribution in [3.8, 4) is 11.3 Å². The van der Waals surface area contributed by atoms with Gasteiger partial charge in [-0.2, -0.15) is 0 Å². The van der Waals surface area contributed by atoms with E-state index in [2.05, 4.69) is 45.5 Å². The maximum Gasteiger partial charge on any atom is 0.257 e. The molecule has 4 rings (SSSR count). The molecular weight excluding hydrogens is 412 g/mol. The molecule has 1 amide bonds. The quantitative estimate of drug-likeness (QED) is 0.620. The second-order valence-electron chi connectivity index (χ2n) is 8.19. The highest BCUT2D eigenvalue weighted by molar-refractivity contribution is 6.33. The van der Waals surface area contributed by atoms with Gasteiger partial charge < -0.3 is 19.6 Å². The number of nitrogens with zero attached hydrogens (tertiary/aromatic N) is 3. The van der Waals surface area contributed by atoms with E-state index in [0.717, 1.165) is 13.0 Å². The van der Waals surface area contributed by atoms with E-state index in [1.807, 2.05) is 32.3 Å². The summed E-state index contributed by atoms with van der Waals surface area (Å²) in [6.07, 6.45) is 1.05. The van der Waals surface area contributed by atoms with Gasteiger partial charge in [-0.25, -0.2) is 0 Å². The van der Waals surface area contributed by atoms with Crippen molar-refractivity contribution in [2.24, 2.45) is 0 Å². The molecule has 0 bridgehead atoms. The van der Waals surface area contributed by atoms with E-state index < -0.39 is 0 Å². The minimum absolute atomic E-state index is 0.0454. The molecule has 1 atom stereocenters. The van der Waals surface area contributed by atoms with Gasteiger partial charge >= 0.3 is 0 Å². The van der Waals surface area contributed by atoms with Crippen LogP contribution in [0.4, 0.5) is 5.69 Å². The first-order chi connectivity index (χ1) is 14.9. The number of likely N-dealkylation sites (N-methyl/N-ethyl adjacent to an activating group) is 2. The average Bonchev–Trinajstić information content (AvgIpc) is 3.30. The van der Waals surface area contributed by atoms with Crippen LogP contribution in [0.2, 0.25) is 5.02 Å². The van der Waals surface area contributed by atoms with E-state index in [9.17, 15) is 4.79 Å². The van der Waals surface area contributed by atoms with Crippen LogP contribution in [0.3, 0.4) is 0 Å². The van der Waals surface area contributed by atoms with Crippen LogP contribution in [0.15, 0.2) is 47.0 Å². The lowest BCUT2D eigenvalue weighted by Crippen LogP contribution is -2.35. The van der Waals surface area contributed by atoms with Gasteiger partial charge in [-0.1, -0.05) is 47.1 Å². The lowest BCUT2D eigenvalue weighted by atomic mass is 10.0. The second kappa shape index (κ2) is 8.73. The number of halogens is 1. The van der Waals surface area contributed by atoms with Gasteiger partial charge in [-0.3, -0.25) is 4.79 Å². The predicted molar refractivity (Wildman–Crippen MR) is 124 cm³/mol. The fourth-order valence-corrected chi connectivity index (χ4v) is 4.37. The van der Waals surface area contributed by atoms with Crippen molar-refractivity contribution in [2.45, 2.75) is 19.4 Å². The minimum atomic E-state index is -0.221. The highest BCUT2D eigenvalue weighted by Crippen LogP contribution is 2.32. The second-order valence-corrected chi connectivity index (χ2v) is 8.60. The molecule has 0 saturated heterocycles. The number of nitrogens with one attached hydrogen (secondary N) is 1. The molecule has 1 N–H and O–H groups in total. The van der Waals surface area contributed by atoms with Gasteiger partial charge in [0.2, 0.25) is 0 Å². The largest absolute Gasteiger partial charge is 0.374 e. The summed E-state index contributed by atoms with van der Waals surface area (Å²) in [5.41, 5.74) is 5.39. The number of fused-ring (bicyclic) bond motifs is 1. The molecule has 1 aliphatic rings. The third kappa shape index (κ3) is 4.18. The van der Waals surface area contributed by atoms with Gasteiger partial charge in [0.05, 0.1) is 11.1 Å². The average molecular weight is 439 g/mol. The van der Waals surface area contributed by atoms with Gasteiger partial charge in [-0.05, 0) is 50.7 Å². The summed E-state index contributed by atoms with van der Waals surface area (Å²) < 4.78 is 5.34. The lowest BCUT2D eigenvalue weighted by molar-refractivity contribution is 0.0941. The van der Waals surface area contributed by atoms with Crippen molar-refractivity contribution in [2.75, 3.05) is 39.1 Å². The number of aryl methyl sites for hydroxylation is 1. The number of carbonyl (C=O) groups excluding carboxylic acids is 1. The van der Waals surface area contributed by atoms with Crippen LogP contribution in [0.25, 0.3) is 11.3 Å². The van der Waals surface area contributed by atoms with Crippen LogP contribution in [0, 0.1) is 6.92 Å². The summed E-state index contributed by atoms with van der Waals surface area (Å²) in [6, 6.07) is 13.9. The molecular formula is C24H27ClN4O2. The molecule has 3 aromatic rings. The molecule has 1 aliphatic heterocycles. The number of hydrogen-bond acceptors (Lipinski definition) is 5. The number of benzene rings is 2. The van der Waals surface area contributed by atoms with E-state index in [-0.39, 0.29) is 11.9 Å². The van der Waals surface area contributed by atoms with Crippen LogP contribution in [0.5, 0.6) is 0 Å². The van der Waals surface area contributed by atoms with Gasteiger partial charge in [0, 0.05) is 31.4 Å². The predicted octanol–water partition coefficient (Wildman–Crippen LogP) is 4.33. The van der Waals surface area contributed by atoms with Crippen LogP contribution >= 0.6 is 11.6 Å². The summed E-state index contributed by atoms with van der Waals surface area (Å²) in [6.45, 7) is 3.25. The van der Waals surface area contributed by atoms with E-state index in [1.165, 1.54) is 16.8 Å². The zero-order valence-corrected chi connectivity index (χ0v) is 19.0. The van der Waals surface area contributed by atoms with Crippen molar-refractivity contribution in [3.63, 3.8) is 0 Å². The van der Waals surface area contributed by atoms with Crippen LogP contribution < -0.4 is 10.2 Å². The monoisotopic (exact) mass is 438 g/mol. The van der Waals surface area contributed by atoms with Gasteiger partial charge in [0.1, 0.15) is 17.0 Å². The zero-order valence-electron chi connectivity index (χ0n) is 18.3. The molecule has 2 heterocycles. The van der Waals surface area contributed by atoms with Crippen molar-refractivity contribution < 1.29 is 9.32 Å². The Kier molecular flexibility index (Phi) is 6.03. The standard InChI is InChI=1S/C24H27ClN4O2/c1-15-22(23(27-31-15)18-7-5-6-8-19(18)25)24(30)26-14-21(28(2)3)16-9-10-20-17(13-16)11-12-29(20)4/h5-10,13,21H,11-12,14H2,1-4H3,(H,26,30)/t21-/m0/s1. The first-order valence-corrected chi connectivity index (χ1v) is 10.7. The maximum atomic E-state index is 13.1. The Bertz CT molecular complexity index is 1110. The topological polar surface area (TPSA) is 61.6 Å². The molecule has 0 aliphatic carbocycles. The Morgan fingerprint density at radius 3 is 2.81 bits per heavy atom. The minimum Gasteiger partial charge on any atom is -0.374 e. The number of carbonyl (C=O) groups is 1. The van der Waals surface area contributed by atoms with Crippen molar-refractivity contribution in [1.82, 2.24) is 15.4 Å². The molecule has 0 radical (unpaired) electrons. The van der Waals surface area contributed by atoms with Crippen molar-refractivity contribution in [3.05, 3.63) is 69.9 Å². The van der Waals surface area contributed by atoms with E-state index in [1.54, 1.807) is 13.0 Å². The summed E-state index contributed by atoms with van der Waals surface area (Å²) in [7, 11) is 6.17. The Balaban J connectivity index is 1.55. The highest BCUT2D eigenvalue weighted by Gasteiger charge is 2.25. The SMILES string of the molecule is Cc1onc(-c2ccccc2Cl)c1C(=O)NC[C@@H](c1ccc2c(c1)CCN2C)N(C)C. The molecule has 0 spiro atoms. The molecule has 2 aromatic carbocycles. The molecule has 0 saturated carbocycles. The molecule has 6 nitrogen and oxygen atoms in total. The maximum absolute atomic E-state index is 13.1. The van der Waals surface area contributed by atoms with Crippen LogP contribution in [0.1, 0.15) is 33.3 Å². The van der Waals surface area contributed by atoms with E-state index >= 15 is 0 Å². The Morgan fingerprint density at radius 2 is 2.06 bits per heavy atom. The Morgan fingerprint density at radius 1 is 1.29 bits per heavy atom. The summed E-state index contributed by atoms with van der Waals surface area (Å²) in [5, 5.41) is 7.70. The Labute approximate surface area is 187 Å².